The van der Waals surface area contributed by atoms with Gasteiger partial charge in [0, 0.05) is 13.1 Å². The number of carbonyl (C=O) groups is 2. The van der Waals surface area contributed by atoms with Gasteiger partial charge >= 0.3 is 0 Å². The molecule has 4 nitrogen and oxygen atoms in total. The van der Waals surface area contributed by atoms with E-state index >= 15 is 0 Å². The van der Waals surface area contributed by atoms with Crippen LogP contribution in [0.5, 0.6) is 0 Å². The highest BCUT2D eigenvalue weighted by Gasteiger charge is 2.26. The molecule has 0 saturated heterocycles. The minimum Gasteiger partial charge on any atom is -0.385 e. The van der Waals surface area contributed by atoms with Crippen molar-refractivity contribution in [1.29, 1.82) is 0 Å². The van der Waals surface area contributed by atoms with E-state index in [1.165, 1.54) is 12.3 Å². The number of Topliss-reactive ketones (excluding diaryl/α,β-unsaturated/α-hetero) is 1. The third-order valence-electron chi connectivity index (χ3n) is 1.83. The fourth-order valence-corrected chi connectivity index (χ4v) is 1.83. The molecule has 0 saturated carbocycles. The summed E-state index contributed by atoms with van der Waals surface area (Å²) < 4.78 is 3.81. The summed E-state index contributed by atoms with van der Waals surface area (Å²) in [5, 5.41) is 2.68. The maximum absolute atomic E-state index is 11.5. The lowest BCUT2D eigenvalue weighted by atomic mass is 10.0. The molecule has 1 aromatic rings. The molecule has 66 valence electrons. The molecule has 13 heavy (non-hydrogen) atoms. The van der Waals surface area contributed by atoms with E-state index in [2.05, 4.69) is 9.69 Å². The maximum Gasteiger partial charge on any atom is 0.212 e. The Morgan fingerprint density at radius 2 is 2.23 bits per heavy atom. The number of hydrogen-bond donors (Lipinski definition) is 1. The molecular weight excluding hydrogens is 188 g/mol. The summed E-state index contributed by atoms with van der Waals surface area (Å²) in [5.74, 6) is -0.313. The number of likely N-dealkylation sites (N-methyl/N-ethyl adjacent to an activating group) is 1. The van der Waals surface area contributed by atoms with Crippen LogP contribution in [0.4, 0.5) is 0 Å². The van der Waals surface area contributed by atoms with Crippen molar-refractivity contribution in [3.05, 3.63) is 28.4 Å². The highest BCUT2D eigenvalue weighted by molar-refractivity contribution is 7.08. The summed E-state index contributed by atoms with van der Waals surface area (Å²) in [4.78, 5) is 23.3. The summed E-state index contributed by atoms with van der Waals surface area (Å²) >= 11 is 1.06. The Balaban J connectivity index is 2.58. The molecule has 1 aromatic heterocycles. The molecule has 2 rings (SSSR count). The van der Waals surface area contributed by atoms with Gasteiger partial charge in [-0.2, -0.15) is 4.37 Å². The third kappa shape index (κ3) is 1.08. The number of aromatic nitrogens is 1. The number of carbonyl (C=O) groups excluding carboxylic acids is 2. The Hall–Kier alpha value is -1.49. The molecule has 1 aliphatic carbocycles. The van der Waals surface area contributed by atoms with Crippen molar-refractivity contribution in [1.82, 2.24) is 9.69 Å². The highest BCUT2D eigenvalue weighted by Crippen LogP contribution is 2.22. The van der Waals surface area contributed by atoms with E-state index in [-0.39, 0.29) is 11.6 Å². The van der Waals surface area contributed by atoms with E-state index < -0.39 is 0 Å². The summed E-state index contributed by atoms with van der Waals surface area (Å²) in [6, 6.07) is 0. The second kappa shape index (κ2) is 2.77. The number of ketones is 2. The minimum atomic E-state index is -0.161. The molecule has 0 aliphatic heterocycles. The Bertz CT molecular complexity index is 420. The van der Waals surface area contributed by atoms with Gasteiger partial charge in [-0.15, -0.1) is 0 Å². The number of allylic oxidation sites excluding steroid dienone is 2. The molecule has 1 heterocycles. The van der Waals surface area contributed by atoms with Gasteiger partial charge in [-0.25, -0.2) is 0 Å². The SMILES string of the molecule is CNC1=CC(=O)c2sncc2C1=O. The lowest BCUT2D eigenvalue weighted by Crippen LogP contribution is -2.22. The van der Waals surface area contributed by atoms with Gasteiger partial charge in [0.1, 0.15) is 4.88 Å². The maximum atomic E-state index is 11.5. The number of fused-ring (bicyclic) bond motifs is 1. The predicted molar refractivity (Wildman–Crippen MR) is 47.9 cm³/mol. The molecule has 0 fully saturated rings. The van der Waals surface area contributed by atoms with Crippen LogP contribution in [-0.2, 0) is 0 Å². The first-order valence-corrected chi connectivity index (χ1v) is 4.44. The fourth-order valence-electron chi connectivity index (χ4n) is 1.17. The molecular formula is C8H6N2O2S. The van der Waals surface area contributed by atoms with Crippen LogP contribution in [0.15, 0.2) is 18.0 Å². The van der Waals surface area contributed by atoms with Gasteiger partial charge in [0.05, 0.1) is 17.5 Å². The van der Waals surface area contributed by atoms with Crippen LogP contribution in [0.2, 0.25) is 0 Å². The van der Waals surface area contributed by atoms with Crippen LogP contribution in [0.25, 0.3) is 0 Å². The smallest absolute Gasteiger partial charge is 0.212 e. The first-order chi connectivity index (χ1) is 6.24. The van der Waals surface area contributed by atoms with Crippen molar-refractivity contribution in [2.75, 3.05) is 7.05 Å². The topological polar surface area (TPSA) is 59.1 Å². The monoisotopic (exact) mass is 194 g/mol. The molecule has 0 amide bonds. The van der Waals surface area contributed by atoms with Crippen LogP contribution in [0.1, 0.15) is 20.0 Å². The summed E-state index contributed by atoms with van der Waals surface area (Å²) in [7, 11) is 1.61. The molecule has 1 aliphatic rings. The van der Waals surface area contributed by atoms with Crippen molar-refractivity contribution in [2.45, 2.75) is 0 Å². The zero-order valence-electron chi connectivity index (χ0n) is 6.83. The second-order valence-corrected chi connectivity index (χ2v) is 3.37. The fraction of sp³-hybridized carbons (Fsp3) is 0.125. The van der Waals surface area contributed by atoms with E-state index in [0.29, 0.717) is 16.1 Å². The quantitative estimate of drug-likeness (QED) is 0.712. The Morgan fingerprint density at radius 1 is 1.46 bits per heavy atom. The number of nitrogens with zero attached hydrogens (tertiary/aromatic N) is 1. The average Bonchev–Trinajstić information content (AvgIpc) is 2.60. The van der Waals surface area contributed by atoms with Gasteiger partial charge < -0.3 is 5.32 Å². The Labute approximate surface area is 78.4 Å². The number of hydrogen-bond acceptors (Lipinski definition) is 5. The van der Waals surface area contributed by atoms with E-state index in [0.717, 1.165) is 11.5 Å². The molecule has 0 bridgehead atoms. The molecule has 0 aromatic carbocycles. The summed E-state index contributed by atoms with van der Waals surface area (Å²) in [6.07, 6.45) is 2.74. The van der Waals surface area contributed by atoms with Gasteiger partial charge in [0.2, 0.25) is 5.78 Å². The van der Waals surface area contributed by atoms with Crippen LogP contribution in [0.3, 0.4) is 0 Å². The average molecular weight is 194 g/mol. The van der Waals surface area contributed by atoms with E-state index in [1.807, 2.05) is 0 Å². The first kappa shape index (κ1) is 8.12. The standard InChI is InChI=1S/C8H6N2O2S/c1-9-5-2-6(11)8-4(7(5)12)3-10-13-8/h2-3,9H,1H3. The Kier molecular flexibility index (Phi) is 1.73. The van der Waals surface area contributed by atoms with Gasteiger partial charge in [-0.1, -0.05) is 0 Å². The van der Waals surface area contributed by atoms with Gasteiger partial charge in [-0.3, -0.25) is 9.59 Å². The van der Waals surface area contributed by atoms with Crippen LogP contribution < -0.4 is 5.32 Å². The molecule has 5 heteroatoms. The lowest BCUT2D eigenvalue weighted by molar-refractivity contribution is 0.0982. The Morgan fingerprint density at radius 3 is 2.92 bits per heavy atom. The predicted octanol–water partition coefficient (Wildman–Crippen LogP) is 0.625. The van der Waals surface area contributed by atoms with E-state index in [9.17, 15) is 9.59 Å². The summed E-state index contributed by atoms with van der Waals surface area (Å²) in [5.41, 5.74) is 0.736. The van der Waals surface area contributed by atoms with Gasteiger partial charge in [-0.05, 0) is 11.5 Å². The molecule has 0 spiro atoms. The minimum absolute atomic E-state index is 0.151. The van der Waals surface area contributed by atoms with Crippen molar-refractivity contribution in [2.24, 2.45) is 0 Å². The highest BCUT2D eigenvalue weighted by atomic mass is 32.1. The van der Waals surface area contributed by atoms with Crippen molar-refractivity contribution in [3.8, 4) is 0 Å². The third-order valence-corrected chi connectivity index (χ3v) is 2.64. The first-order valence-electron chi connectivity index (χ1n) is 3.67. The van der Waals surface area contributed by atoms with Crippen LogP contribution in [-0.4, -0.2) is 23.0 Å². The normalized spacial score (nSPS) is 15.3. The largest absolute Gasteiger partial charge is 0.385 e. The van der Waals surface area contributed by atoms with Crippen molar-refractivity contribution >= 4 is 23.1 Å². The molecule has 1 N–H and O–H groups in total. The molecule has 0 radical (unpaired) electrons. The second-order valence-electron chi connectivity index (χ2n) is 2.57. The van der Waals surface area contributed by atoms with Crippen LogP contribution in [0, 0.1) is 0 Å². The zero-order chi connectivity index (χ0) is 9.42. The zero-order valence-corrected chi connectivity index (χ0v) is 7.64. The lowest BCUT2D eigenvalue weighted by Gasteiger charge is -2.09. The molecule has 0 unspecified atom stereocenters. The van der Waals surface area contributed by atoms with Crippen molar-refractivity contribution in [3.63, 3.8) is 0 Å². The van der Waals surface area contributed by atoms with E-state index in [1.54, 1.807) is 7.05 Å². The molecule has 0 atom stereocenters. The van der Waals surface area contributed by atoms with E-state index in [4.69, 9.17) is 0 Å². The number of nitrogens with one attached hydrogen (secondary N) is 1. The number of rotatable bonds is 1. The summed E-state index contributed by atoms with van der Waals surface area (Å²) in [6.45, 7) is 0. The van der Waals surface area contributed by atoms with Gasteiger partial charge in [0.15, 0.2) is 5.78 Å². The van der Waals surface area contributed by atoms with Crippen molar-refractivity contribution < 1.29 is 9.59 Å². The van der Waals surface area contributed by atoms with Crippen LogP contribution >= 0.6 is 11.5 Å². The van der Waals surface area contributed by atoms with Gasteiger partial charge in [0.25, 0.3) is 0 Å².